The Morgan fingerprint density at radius 3 is 2.88 bits per heavy atom. The van der Waals surface area contributed by atoms with Crippen LogP contribution in [-0.4, -0.2) is 38.8 Å². The molecule has 1 atom stereocenters. The van der Waals surface area contributed by atoms with Crippen LogP contribution in [0.25, 0.3) is 4.96 Å². The van der Waals surface area contributed by atoms with Gasteiger partial charge in [-0.05, 0) is 26.2 Å². The van der Waals surface area contributed by atoms with Crippen LogP contribution in [0.1, 0.15) is 54.4 Å². The van der Waals surface area contributed by atoms with Crippen molar-refractivity contribution in [3.8, 4) is 0 Å². The van der Waals surface area contributed by atoms with Crippen LogP contribution in [0, 0.1) is 6.92 Å². The zero-order valence-electron chi connectivity index (χ0n) is 14.9. The lowest BCUT2D eigenvalue weighted by atomic mass is 10.1. The van der Waals surface area contributed by atoms with Gasteiger partial charge in [-0.1, -0.05) is 24.2 Å². The minimum Gasteiger partial charge on any atom is -0.370 e. The first-order valence-electron chi connectivity index (χ1n) is 9.38. The minimum atomic E-state index is 0.252. The number of ether oxygens (including phenoxy) is 1. The Morgan fingerprint density at radius 2 is 2.12 bits per heavy atom. The van der Waals surface area contributed by atoms with Crippen LogP contribution in [0.5, 0.6) is 0 Å². The summed E-state index contributed by atoms with van der Waals surface area (Å²) in [6.45, 7) is 4.53. The average Bonchev–Trinajstić information content (AvgIpc) is 3.39. The van der Waals surface area contributed by atoms with Crippen molar-refractivity contribution in [3.05, 3.63) is 28.0 Å². The third kappa shape index (κ3) is 3.25. The highest BCUT2D eigenvalue weighted by atomic mass is 32.1. The molecule has 1 aliphatic heterocycles. The smallest absolute Gasteiger partial charge is 0.214 e. The van der Waals surface area contributed by atoms with E-state index in [4.69, 9.17) is 14.8 Å². The van der Waals surface area contributed by atoms with Gasteiger partial charge in [0.2, 0.25) is 10.1 Å². The van der Waals surface area contributed by atoms with Gasteiger partial charge in [0.15, 0.2) is 0 Å². The van der Waals surface area contributed by atoms with Crippen molar-refractivity contribution in [2.75, 3.05) is 18.0 Å². The summed E-state index contributed by atoms with van der Waals surface area (Å²) in [4.78, 5) is 12.7. The molecule has 1 aliphatic carbocycles. The summed E-state index contributed by atoms with van der Waals surface area (Å²) in [7, 11) is 0. The van der Waals surface area contributed by atoms with E-state index in [0.29, 0.717) is 12.5 Å². The quantitative estimate of drug-likeness (QED) is 0.660. The molecule has 2 fully saturated rings. The van der Waals surface area contributed by atoms with Crippen molar-refractivity contribution in [2.24, 2.45) is 0 Å². The molecule has 6 nitrogen and oxygen atoms in total. The normalized spacial score (nSPS) is 21.4. The van der Waals surface area contributed by atoms with E-state index >= 15 is 0 Å². The minimum absolute atomic E-state index is 0.252. The van der Waals surface area contributed by atoms with Gasteiger partial charge in [-0.25, -0.2) is 14.5 Å². The summed E-state index contributed by atoms with van der Waals surface area (Å²) >= 11 is 3.37. The van der Waals surface area contributed by atoms with Crippen molar-refractivity contribution in [2.45, 2.75) is 57.7 Å². The molecule has 0 amide bonds. The molecule has 0 spiro atoms. The van der Waals surface area contributed by atoms with E-state index in [2.05, 4.69) is 21.5 Å². The SMILES string of the molecule is Cc1nc(CO[C@H]2CCN(c3nn4cc(C5CCCC5)nc4s3)C2)cs1. The fourth-order valence-corrected chi connectivity index (χ4v) is 5.49. The van der Waals surface area contributed by atoms with Crippen molar-refractivity contribution in [1.82, 2.24) is 19.6 Å². The van der Waals surface area contributed by atoms with Crippen LogP contribution in [0.4, 0.5) is 5.13 Å². The molecule has 4 heterocycles. The average molecular weight is 390 g/mol. The Hall–Kier alpha value is -1.51. The maximum atomic E-state index is 6.05. The standard InChI is InChI=1S/C18H23N5OS2/c1-12-19-14(11-25-12)10-24-15-6-7-22(8-15)18-21-23-9-16(20-17(23)26-18)13-4-2-3-5-13/h9,11,13,15H,2-8,10H2,1H3/t15-/m0/s1. The lowest BCUT2D eigenvalue weighted by Crippen LogP contribution is -2.22. The third-order valence-electron chi connectivity index (χ3n) is 5.37. The second kappa shape index (κ2) is 6.90. The predicted octanol–water partition coefficient (Wildman–Crippen LogP) is 4.01. The number of imidazole rings is 1. The summed E-state index contributed by atoms with van der Waals surface area (Å²) in [6.07, 6.45) is 8.66. The second-order valence-electron chi connectivity index (χ2n) is 7.28. The Morgan fingerprint density at radius 1 is 1.23 bits per heavy atom. The number of rotatable bonds is 5. The van der Waals surface area contributed by atoms with Crippen molar-refractivity contribution in [3.63, 3.8) is 0 Å². The molecular formula is C18H23N5OS2. The molecule has 138 valence electrons. The molecule has 1 saturated heterocycles. The van der Waals surface area contributed by atoms with Gasteiger partial charge in [0.05, 0.1) is 35.3 Å². The summed E-state index contributed by atoms with van der Waals surface area (Å²) < 4.78 is 8.03. The van der Waals surface area contributed by atoms with Gasteiger partial charge in [-0.2, -0.15) is 0 Å². The predicted molar refractivity (Wildman–Crippen MR) is 104 cm³/mol. The van der Waals surface area contributed by atoms with Gasteiger partial charge < -0.3 is 9.64 Å². The summed E-state index contributed by atoms with van der Waals surface area (Å²) in [5.74, 6) is 0.645. The highest BCUT2D eigenvalue weighted by Crippen LogP contribution is 2.35. The van der Waals surface area contributed by atoms with E-state index in [1.807, 2.05) is 11.4 Å². The van der Waals surface area contributed by atoms with E-state index in [0.717, 1.165) is 40.3 Å². The lowest BCUT2D eigenvalue weighted by molar-refractivity contribution is 0.0536. The van der Waals surface area contributed by atoms with E-state index in [1.54, 1.807) is 22.7 Å². The molecule has 0 N–H and O–H groups in total. The fourth-order valence-electron chi connectivity index (χ4n) is 3.97. The summed E-state index contributed by atoms with van der Waals surface area (Å²) in [6, 6.07) is 0. The molecule has 2 aliphatic rings. The highest BCUT2D eigenvalue weighted by molar-refractivity contribution is 7.20. The first kappa shape index (κ1) is 16.6. The molecule has 0 unspecified atom stereocenters. The lowest BCUT2D eigenvalue weighted by Gasteiger charge is -2.14. The monoisotopic (exact) mass is 389 g/mol. The van der Waals surface area contributed by atoms with Crippen LogP contribution < -0.4 is 4.90 Å². The van der Waals surface area contributed by atoms with E-state index < -0.39 is 0 Å². The molecule has 3 aromatic heterocycles. The highest BCUT2D eigenvalue weighted by Gasteiger charge is 2.27. The van der Waals surface area contributed by atoms with Gasteiger partial charge in [-0.15, -0.1) is 16.4 Å². The molecule has 0 aromatic carbocycles. The summed E-state index contributed by atoms with van der Waals surface area (Å²) in [5.41, 5.74) is 2.27. The molecule has 26 heavy (non-hydrogen) atoms. The number of hydrogen-bond donors (Lipinski definition) is 0. The second-order valence-corrected chi connectivity index (χ2v) is 9.28. The van der Waals surface area contributed by atoms with Crippen molar-refractivity contribution >= 4 is 32.8 Å². The number of thiazole rings is 1. The van der Waals surface area contributed by atoms with E-state index in [9.17, 15) is 0 Å². The molecule has 5 rings (SSSR count). The third-order valence-corrected chi connectivity index (χ3v) is 7.18. The first-order valence-corrected chi connectivity index (χ1v) is 11.1. The maximum Gasteiger partial charge on any atom is 0.214 e. The van der Waals surface area contributed by atoms with E-state index in [1.165, 1.54) is 31.4 Å². The van der Waals surface area contributed by atoms with Crippen LogP contribution in [0.3, 0.4) is 0 Å². The molecule has 1 saturated carbocycles. The number of anilines is 1. The number of aryl methyl sites for hydroxylation is 1. The van der Waals surface area contributed by atoms with Crippen molar-refractivity contribution < 1.29 is 4.74 Å². The van der Waals surface area contributed by atoms with Crippen LogP contribution in [0.15, 0.2) is 11.6 Å². The summed E-state index contributed by atoms with van der Waals surface area (Å²) in [5, 5.41) is 9.01. The maximum absolute atomic E-state index is 6.05. The van der Waals surface area contributed by atoms with Crippen LogP contribution >= 0.6 is 22.7 Å². The van der Waals surface area contributed by atoms with Gasteiger partial charge in [0, 0.05) is 24.4 Å². The molecule has 0 bridgehead atoms. The molecular weight excluding hydrogens is 366 g/mol. The number of aromatic nitrogens is 4. The zero-order valence-corrected chi connectivity index (χ0v) is 16.6. The van der Waals surface area contributed by atoms with E-state index in [-0.39, 0.29) is 6.10 Å². The van der Waals surface area contributed by atoms with Crippen LogP contribution in [0.2, 0.25) is 0 Å². The Bertz CT molecular complexity index is 863. The Kier molecular flexibility index (Phi) is 4.42. The van der Waals surface area contributed by atoms with Crippen molar-refractivity contribution in [1.29, 1.82) is 0 Å². The molecule has 3 aromatic rings. The topological polar surface area (TPSA) is 55.5 Å². The number of nitrogens with zero attached hydrogens (tertiary/aromatic N) is 5. The Labute approximate surface area is 160 Å². The van der Waals surface area contributed by atoms with Gasteiger partial charge >= 0.3 is 0 Å². The zero-order chi connectivity index (χ0) is 17.5. The van der Waals surface area contributed by atoms with Crippen LogP contribution in [-0.2, 0) is 11.3 Å². The molecule has 0 radical (unpaired) electrons. The van der Waals surface area contributed by atoms with Gasteiger partial charge in [0.25, 0.3) is 0 Å². The first-order chi connectivity index (χ1) is 12.7. The Balaban J connectivity index is 1.22. The number of hydrogen-bond acceptors (Lipinski definition) is 7. The van der Waals surface area contributed by atoms with Gasteiger partial charge in [0.1, 0.15) is 0 Å². The fraction of sp³-hybridized carbons (Fsp3) is 0.611. The van der Waals surface area contributed by atoms with Gasteiger partial charge in [-0.3, -0.25) is 0 Å². The largest absolute Gasteiger partial charge is 0.370 e. The number of fused-ring (bicyclic) bond motifs is 1. The molecule has 8 heteroatoms.